The quantitative estimate of drug-likeness (QED) is 0.712. The number of carbonyl (C=O) groups is 1. The van der Waals surface area contributed by atoms with Crippen molar-refractivity contribution in [3.05, 3.63) is 59.0 Å². The highest BCUT2D eigenvalue weighted by Crippen LogP contribution is 2.32. The molecule has 1 N–H and O–H groups in total. The minimum atomic E-state index is -0.454. The van der Waals surface area contributed by atoms with Crippen LogP contribution in [0.3, 0.4) is 0 Å². The van der Waals surface area contributed by atoms with Crippen molar-refractivity contribution in [3.63, 3.8) is 0 Å². The zero-order valence-corrected chi connectivity index (χ0v) is 14.8. The van der Waals surface area contributed by atoms with Gasteiger partial charge in [0, 0.05) is 31.3 Å². The molecule has 0 aliphatic rings. The topological polar surface area (TPSA) is 46.9 Å². The summed E-state index contributed by atoms with van der Waals surface area (Å²) in [6.07, 6.45) is 1.86. The van der Waals surface area contributed by atoms with Gasteiger partial charge in [-0.05, 0) is 33.6 Å². The molecule has 3 rings (SSSR count). The third kappa shape index (κ3) is 3.23. The Kier molecular flexibility index (Phi) is 4.49. The number of benzene rings is 2. The van der Waals surface area contributed by atoms with E-state index in [-0.39, 0.29) is 11.6 Å². The number of rotatable bonds is 3. The molecule has 4 nitrogen and oxygen atoms in total. The van der Waals surface area contributed by atoms with Crippen molar-refractivity contribution in [3.8, 4) is 22.4 Å². The number of amides is 1. The Morgan fingerprint density at radius 3 is 2.58 bits per heavy atom. The van der Waals surface area contributed by atoms with Gasteiger partial charge in [0.15, 0.2) is 5.82 Å². The molecule has 1 amide bonds. The molecule has 0 fully saturated rings. The second-order valence-electron chi connectivity index (χ2n) is 5.43. The Bertz CT molecular complexity index is 920. The van der Waals surface area contributed by atoms with Gasteiger partial charge in [-0.15, -0.1) is 0 Å². The van der Waals surface area contributed by atoms with E-state index in [4.69, 9.17) is 0 Å². The molecule has 0 unspecified atom stereocenters. The van der Waals surface area contributed by atoms with E-state index in [1.54, 1.807) is 22.9 Å². The summed E-state index contributed by atoms with van der Waals surface area (Å²) in [7, 11) is 1.84. The molecule has 0 saturated heterocycles. The van der Waals surface area contributed by atoms with Crippen molar-refractivity contribution in [1.82, 2.24) is 9.78 Å². The van der Waals surface area contributed by atoms with Gasteiger partial charge in [-0.2, -0.15) is 5.10 Å². The SMILES string of the molecule is CC(=O)Nc1cccc(-c2cccc(-c3nn(C)cc3Br)c2)c1F. The highest BCUT2D eigenvalue weighted by molar-refractivity contribution is 9.10. The average molecular weight is 388 g/mol. The zero-order valence-electron chi connectivity index (χ0n) is 13.2. The molecule has 2 aromatic carbocycles. The van der Waals surface area contributed by atoms with Gasteiger partial charge in [-0.3, -0.25) is 9.48 Å². The van der Waals surface area contributed by atoms with Gasteiger partial charge in [0.05, 0.1) is 10.2 Å². The zero-order chi connectivity index (χ0) is 17.3. The maximum absolute atomic E-state index is 14.7. The van der Waals surface area contributed by atoms with E-state index in [9.17, 15) is 9.18 Å². The van der Waals surface area contributed by atoms with E-state index >= 15 is 0 Å². The maximum atomic E-state index is 14.7. The van der Waals surface area contributed by atoms with E-state index in [2.05, 4.69) is 26.3 Å². The number of anilines is 1. The summed E-state index contributed by atoms with van der Waals surface area (Å²) in [5.74, 6) is -0.762. The van der Waals surface area contributed by atoms with Gasteiger partial charge >= 0.3 is 0 Å². The Morgan fingerprint density at radius 2 is 1.92 bits per heavy atom. The van der Waals surface area contributed by atoms with Crippen molar-refractivity contribution in [1.29, 1.82) is 0 Å². The van der Waals surface area contributed by atoms with Crippen molar-refractivity contribution >= 4 is 27.5 Å². The first-order chi connectivity index (χ1) is 11.5. The van der Waals surface area contributed by atoms with Crippen molar-refractivity contribution in [2.24, 2.45) is 7.05 Å². The molecule has 1 aromatic heterocycles. The van der Waals surface area contributed by atoms with Crippen LogP contribution in [0.5, 0.6) is 0 Å². The van der Waals surface area contributed by atoms with Crippen molar-refractivity contribution < 1.29 is 9.18 Å². The first kappa shape index (κ1) is 16.4. The fourth-order valence-corrected chi connectivity index (χ4v) is 3.13. The minimum absolute atomic E-state index is 0.171. The molecule has 6 heteroatoms. The first-order valence-electron chi connectivity index (χ1n) is 7.32. The van der Waals surface area contributed by atoms with Gasteiger partial charge in [-0.1, -0.05) is 30.3 Å². The van der Waals surface area contributed by atoms with Crippen LogP contribution < -0.4 is 5.32 Å². The molecule has 0 aliphatic heterocycles. The lowest BCUT2D eigenvalue weighted by molar-refractivity contribution is -0.114. The molecule has 0 bridgehead atoms. The number of halogens is 2. The summed E-state index contributed by atoms with van der Waals surface area (Å²) in [6, 6.07) is 12.4. The Hall–Kier alpha value is -2.47. The van der Waals surface area contributed by atoms with Crippen LogP contribution in [0.4, 0.5) is 10.1 Å². The second kappa shape index (κ2) is 6.57. The molecule has 3 aromatic rings. The Balaban J connectivity index is 2.07. The summed E-state index contributed by atoms with van der Waals surface area (Å²) >= 11 is 3.48. The lowest BCUT2D eigenvalue weighted by atomic mass is 10.0. The van der Waals surface area contributed by atoms with Gasteiger partial charge in [0.25, 0.3) is 0 Å². The number of nitrogens with zero attached hydrogens (tertiary/aromatic N) is 2. The molecule has 0 aliphatic carbocycles. The molecule has 1 heterocycles. The predicted molar refractivity (Wildman–Crippen MR) is 96.0 cm³/mol. The normalized spacial score (nSPS) is 10.7. The van der Waals surface area contributed by atoms with Crippen LogP contribution >= 0.6 is 15.9 Å². The van der Waals surface area contributed by atoms with E-state index in [1.807, 2.05) is 37.5 Å². The van der Waals surface area contributed by atoms with Crippen LogP contribution in [0.1, 0.15) is 6.92 Å². The monoisotopic (exact) mass is 387 g/mol. The Morgan fingerprint density at radius 1 is 1.21 bits per heavy atom. The molecule has 0 spiro atoms. The molecule has 0 atom stereocenters. The molecule has 0 saturated carbocycles. The third-order valence-electron chi connectivity index (χ3n) is 3.54. The van der Waals surface area contributed by atoms with E-state index in [0.29, 0.717) is 5.56 Å². The maximum Gasteiger partial charge on any atom is 0.221 e. The van der Waals surface area contributed by atoms with E-state index < -0.39 is 5.82 Å². The van der Waals surface area contributed by atoms with Gasteiger partial charge in [0.2, 0.25) is 5.91 Å². The van der Waals surface area contributed by atoms with Crippen LogP contribution in [0.15, 0.2) is 53.1 Å². The second-order valence-corrected chi connectivity index (χ2v) is 6.28. The van der Waals surface area contributed by atoms with Crippen LogP contribution in [0.2, 0.25) is 0 Å². The lowest BCUT2D eigenvalue weighted by Crippen LogP contribution is -2.07. The minimum Gasteiger partial charge on any atom is -0.324 e. The molecular formula is C18H15BrFN3O. The fourth-order valence-electron chi connectivity index (χ4n) is 2.53. The number of hydrogen-bond acceptors (Lipinski definition) is 2. The number of carbonyl (C=O) groups excluding carboxylic acids is 1. The number of hydrogen-bond donors (Lipinski definition) is 1. The van der Waals surface area contributed by atoms with Crippen LogP contribution in [0, 0.1) is 5.82 Å². The third-order valence-corrected chi connectivity index (χ3v) is 4.12. The molecule has 0 radical (unpaired) electrons. The van der Waals surface area contributed by atoms with Gasteiger partial charge < -0.3 is 5.32 Å². The highest BCUT2D eigenvalue weighted by atomic mass is 79.9. The fraction of sp³-hybridized carbons (Fsp3) is 0.111. The van der Waals surface area contributed by atoms with Gasteiger partial charge in [0.1, 0.15) is 5.69 Å². The molecular weight excluding hydrogens is 373 g/mol. The largest absolute Gasteiger partial charge is 0.324 e. The lowest BCUT2D eigenvalue weighted by Gasteiger charge is -2.10. The molecule has 122 valence electrons. The van der Waals surface area contributed by atoms with Crippen LogP contribution in [0.25, 0.3) is 22.4 Å². The van der Waals surface area contributed by atoms with E-state index in [1.165, 1.54) is 6.92 Å². The predicted octanol–water partition coefficient (Wildman–Crippen LogP) is 4.61. The summed E-state index contributed by atoms with van der Waals surface area (Å²) in [5, 5.41) is 6.92. The van der Waals surface area contributed by atoms with Gasteiger partial charge in [-0.25, -0.2) is 4.39 Å². The standard InChI is InChI=1S/C18H15BrFN3O/c1-11(24)21-16-8-4-7-14(17(16)20)12-5-3-6-13(9-12)18-15(19)10-23(2)22-18/h3-10H,1-2H3,(H,21,24). The van der Waals surface area contributed by atoms with E-state index in [0.717, 1.165) is 21.3 Å². The summed E-state index contributed by atoms with van der Waals surface area (Å²) in [6.45, 7) is 1.35. The average Bonchev–Trinajstić information content (AvgIpc) is 2.88. The summed E-state index contributed by atoms with van der Waals surface area (Å²) in [4.78, 5) is 11.2. The number of nitrogens with one attached hydrogen (secondary N) is 1. The molecule has 24 heavy (non-hydrogen) atoms. The van der Waals surface area contributed by atoms with Crippen LogP contribution in [-0.2, 0) is 11.8 Å². The van der Waals surface area contributed by atoms with Crippen molar-refractivity contribution in [2.45, 2.75) is 6.92 Å². The highest BCUT2D eigenvalue weighted by Gasteiger charge is 2.13. The number of aryl methyl sites for hydroxylation is 1. The summed E-state index contributed by atoms with van der Waals surface area (Å²) < 4.78 is 17.3. The smallest absolute Gasteiger partial charge is 0.221 e. The summed E-state index contributed by atoms with van der Waals surface area (Å²) in [5.41, 5.74) is 2.98. The van der Waals surface area contributed by atoms with Crippen molar-refractivity contribution in [2.75, 3.05) is 5.32 Å². The first-order valence-corrected chi connectivity index (χ1v) is 8.11. The Labute approximate surface area is 147 Å². The van der Waals surface area contributed by atoms with Crippen LogP contribution in [-0.4, -0.2) is 15.7 Å². The number of aromatic nitrogens is 2.